The first-order valence-corrected chi connectivity index (χ1v) is 14.1. The molecule has 1 aliphatic rings. The van der Waals surface area contributed by atoms with E-state index in [-0.39, 0.29) is 0 Å². The number of nitrogens with zero attached hydrogens (tertiary/aromatic N) is 3. The van der Waals surface area contributed by atoms with Crippen molar-refractivity contribution in [2.75, 3.05) is 50.0 Å². The van der Waals surface area contributed by atoms with Crippen LogP contribution in [-0.4, -0.2) is 54.6 Å². The number of piperidine rings is 1. The normalized spacial score (nSPS) is 14.2. The lowest BCUT2D eigenvalue weighted by molar-refractivity contribution is 0.234. The smallest absolute Gasteiger partial charge is 0.138 e. The maximum atomic E-state index is 4.84. The molecule has 0 bridgehead atoms. The maximum Gasteiger partial charge on any atom is 0.138 e. The largest absolute Gasteiger partial charge is 0.385 e. The fourth-order valence-corrected chi connectivity index (χ4v) is 5.24. The molecule has 2 N–H and O–H groups in total. The number of likely N-dealkylation sites (tertiary alicyclic amines) is 1. The van der Waals surface area contributed by atoms with Gasteiger partial charge in [-0.2, -0.15) is 0 Å². The van der Waals surface area contributed by atoms with Crippen LogP contribution >= 0.6 is 0 Å². The number of anilines is 2. The molecular weight excluding hydrogens is 454 g/mol. The third kappa shape index (κ3) is 7.14. The number of benzene rings is 3. The summed E-state index contributed by atoms with van der Waals surface area (Å²) in [6.07, 6.45) is 8.91. The lowest BCUT2D eigenvalue weighted by atomic mass is 10.1. The number of fused-ring (bicyclic) bond motifs is 1. The number of nitrogens with one attached hydrogen (secondary N) is 2. The Balaban J connectivity index is 1.10. The van der Waals surface area contributed by atoms with Crippen LogP contribution in [0.1, 0.15) is 44.1 Å². The minimum atomic E-state index is 0.926. The Labute approximate surface area is 221 Å². The van der Waals surface area contributed by atoms with Crippen molar-refractivity contribution in [2.45, 2.75) is 44.9 Å². The minimum absolute atomic E-state index is 0.926. The topological polar surface area (TPSA) is 47.2 Å². The maximum absolute atomic E-state index is 4.84. The van der Waals surface area contributed by atoms with Crippen LogP contribution in [-0.2, 0) is 6.42 Å². The van der Waals surface area contributed by atoms with E-state index in [1.54, 1.807) is 0 Å². The predicted molar refractivity (Wildman–Crippen MR) is 158 cm³/mol. The van der Waals surface area contributed by atoms with Crippen LogP contribution in [0.4, 0.5) is 11.4 Å². The van der Waals surface area contributed by atoms with E-state index < -0.39 is 0 Å². The molecule has 0 aliphatic carbocycles. The average Bonchev–Trinajstić information content (AvgIpc) is 3.38. The summed E-state index contributed by atoms with van der Waals surface area (Å²) in [7, 11) is 2.19. The van der Waals surface area contributed by atoms with Crippen molar-refractivity contribution in [2.24, 2.45) is 0 Å². The lowest BCUT2D eigenvalue weighted by Crippen LogP contribution is -2.36. The number of hydrogen-bond acceptors (Lipinski definition) is 4. The second kappa shape index (κ2) is 12.8. The second-order valence-corrected chi connectivity index (χ2v) is 10.4. The summed E-state index contributed by atoms with van der Waals surface area (Å²) < 4.78 is 0. The van der Waals surface area contributed by atoms with Gasteiger partial charge >= 0.3 is 0 Å². The van der Waals surface area contributed by atoms with Crippen LogP contribution in [0.5, 0.6) is 0 Å². The van der Waals surface area contributed by atoms with Crippen LogP contribution < -0.4 is 10.2 Å². The summed E-state index contributed by atoms with van der Waals surface area (Å²) >= 11 is 0. The molecule has 1 fully saturated rings. The summed E-state index contributed by atoms with van der Waals surface area (Å²) in [6.45, 7) is 5.71. The van der Waals surface area contributed by atoms with Gasteiger partial charge < -0.3 is 20.1 Å². The second-order valence-electron chi connectivity index (χ2n) is 10.4. The van der Waals surface area contributed by atoms with E-state index in [0.717, 1.165) is 47.7 Å². The zero-order valence-corrected chi connectivity index (χ0v) is 22.3. The number of aryl methyl sites for hydroxylation is 1. The fourth-order valence-electron chi connectivity index (χ4n) is 5.24. The molecule has 5 rings (SSSR count). The molecule has 5 heteroatoms. The van der Waals surface area contributed by atoms with Crippen molar-refractivity contribution in [3.05, 3.63) is 78.4 Å². The number of aromatic amines is 1. The van der Waals surface area contributed by atoms with Crippen molar-refractivity contribution in [3.63, 3.8) is 0 Å². The van der Waals surface area contributed by atoms with E-state index in [2.05, 4.69) is 99.9 Å². The highest BCUT2D eigenvalue weighted by molar-refractivity contribution is 5.82. The first kappa shape index (κ1) is 25.3. The lowest BCUT2D eigenvalue weighted by Gasteiger charge is -2.29. The first-order valence-electron chi connectivity index (χ1n) is 14.1. The summed E-state index contributed by atoms with van der Waals surface area (Å²) in [6, 6.07) is 26.0. The summed E-state index contributed by atoms with van der Waals surface area (Å²) in [4.78, 5) is 13.3. The first-order chi connectivity index (χ1) is 18.2. The van der Waals surface area contributed by atoms with Gasteiger partial charge in [-0.3, -0.25) is 0 Å². The van der Waals surface area contributed by atoms with Gasteiger partial charge in [0.1, 0.15) is 5.82 Å². The number of H-pyrrole nitrogens is 1. The van der Waals surface area contributed by atoms with Crippen LogP contribution in [0.3, 0.4) is 0 Å². The van der Waals surface area contributed by atoms with Gasteiger partial charge in [-0.25, -0.2) is 4.98 Å². The molecule has 194 valence electrons. The van der Waals surface area contributed by atoms with E-state index in [1.165, 1.54) is 69.3 Å². The highest BCUT2D eigenvalue weighted by atomic mass is 15.2. The van der Waals surface area contributed by atoms with Gasteiger partial charge in [-0.1, -0.05) is 43.2 Å². The van der Waals surface area contributed by atoms with Gasteiger partial charge in [0.05, 0.1) is 11.0 Å². The molecular formula is C32H41N5. The Hall–Kier alpha value is -3.31. The molecule has 0 atom stereocenters. The number of imidazole rings is 1. The zero-order chi connectivity index (χ0) is 25.3. The van der Waals surface area contributed by atoms with Crippen molar-refractivity contribution in [1.29, 1.82) is 0 Å². The van der Waals surface area contributed by atoms with Crippen molar-refractivity contribution >= 4 is 22.4 Å². The fraction of sp³-hybridized carbons (Fsp3) is 0.406. The SMILES string of the molecule is CN(CCN1CCCCC1)c1ccc(-c2nc3ccc(NCCCCCc4ccccc4)cc3[nH]2)cc1. The van der Waals surface area contributed by atoms with Gasteiger partial charge in [0, 0.05) is 43.6 Å². The quantitative estimate of drug-likeness (QED) is 0.208. The number of unbranched alkanes of at least 4 members (excludes halogenated alkanes) is 2. The van der Waals surface area contributed by atoms with E-state index >= 15 is 0 Å². The van der Waals surface area contributed by atoms with E-state index in [4.69, 9.17) is 4.98 Å². The minimum Gasteiger partial charge on any atom is -0.385 e. The molecule has 0 spiro atoms. The molecule has 2 heterocycles. The Morgan fingerprint density at radius 2 is 1.70 bits per heavy atom. The Kier molecular flexibility index (Phi) is 8.75. The summed E-state index contributed by atoms with van der Waals surface area (Å²) in [5.41, 5.74) is 7.05. The van der Waals surface area contributed by atoms with Crippen LogP contribution in [0.2, 0.25) is 0 Å². The number of likely N-dealkylation sites (N-methyl/N-ethyl adjacent to an activating group) is 1. The Morgan fingerprint density at radius 1 is 0.892 bits per heavy atom. The molecule has 1 aromatic heterocycles. The number of hydrogen-bond donors (Lipinski definition) is 2. The van der Waals surface area contributed by atoms with Gasteiger partial charge in [0.15, 0.2) is 0 Å². The van der Waals surface area contributed by atoms with Gasteiger partial charge in [-0.05, 0) is 93.2 Å². The molecule has 0 unspecified atom stereocenters. The summed E-state index contributed by atoms with van der Waals surface area (Å²) in [5.74, 6) is 0.926. The third-order valence-electron chi connectivity index (χ3n) is 7.58. The van der Waals surface area contributed by atoms with Gasteiger partial charge in [-0.15, -0.1) is 0 Å². The third-order valence-corrected chi connectivity index (χ3v) is 7.58. The predicted octanol–water partition coefficient (Wildman–Crippen LogP) is 6.98. The Bertz CT molecular complexity index is 1230. The highest BCUT2D eigenvalue weighted by Crippen LogP contribution is 2.25. The van der Waals surface area contributed by atoms with E-state index in [0.29, 0.717) is 0 Å². The van der Waals surface area contributed by atoms with Crippen LogP contribution in [0, 0.1) is 0 Å². The van der Waals surface area contributed by atoms with Crippen LogP contribution in [0.25, 0.3) is 22.4 Å². The highest BCUT2D eigenvalue weighted by Gasteiger charge is 2.11. The average molecular weight is 496 g/mol. The molecule has 0 amide bonds. The van der Waals surface area contributed by atoms with Crippen molar-refractivity contribution in [3.8, 4) is 11.4 Å². The molecule has 1 aliphatic heterocycles. The van der Waals surface area contributed by atoms with E-state index in [9.17, 15) is 0 Å². The molecule has 0 radical (unpaired) electrons. The molecule has 37 heavy (non-hydrogen) atoms. The van der Waals surface area contributed by atoms with Crippen molar-refractivity contribution in [1.82, 2.24) is 14.9 Å². The summed E-state index contributed by atoms with van der Waals surface area (Å²) in [5, 5.41) is 3.58. The molecule has 3 aromatic carbocycles. The Morgan fingerprint density at radius 3 is 2.51 bits per heavy atom. The van der Waals surface area contributed by atoms with Gasteiger partial charge in [0.25, 0.3) is 0 Å². The molecule has 0 saturated carbocycles. The van der Waals surface area contributed by atoms with Crippen LogP contribution in [0.15, 0.2) is 72.8 Å². The number of rotatable bonds is 12. The monoisotopic (exact) mass is 495 g/mol. The van der Waals surface area contributed by atoms with Gasteiger partial charge in [0.2, 0.25) is 0 Å². The molecule has 4 aromatic rings. The van der Waals surface area contributed by atoms with E-state index in [1.807, 2.05) is 0 Å². The molecule has 5 nitrogen and oxygen atoms in total. The number of aromatic nitrogens is 2. The zero-order valence-electron chi connectivity index (χ0n) is 22.3. The standard InChI is InChI=1S/C32H41N5/c1-36(23-24-37-21-9-4-10-22-37)29-17-14-27(15-18-29)32-34-30-19-16-28(25-31(30)35-32)33-20-8-3-7-13-26-11-5-2-6-12-26/h2,5-6,11-12,14-19,25,33H,3-4,7-10,13,20-24H2,1H3,(H,34,35). The molecule has 1 saturated heterocycles. The van der Waals surface area contributed by atoms with Crippen molar-refractivity contribution < 1.29 is 0 Å².